The lowest BCUT2D eigenvalue weighted by Crippen LogP contribution is -2.53. The van der Waals surface area contributed by atoms with Gasteiger partial charge in [0, 0.05) is 18.6 Å². The van der Waals surface area contributed by atoms with Gasteiger partial charge in [0.05, 0.1) is 12.2 Å². The van der Waals surface area contributed by atoms with E-state index in [0.29, 0.717) is 25.0 Å². The number of hydrogen-bond donors (Lipinski definition) is 2. The predicted octanol–water partition coefficient (Wildman–Crippen LogP) is 0.759. The maximum Gasteiger partial charge on any atom is 0.0741 e. The monoisotopic (exact) mass is 199 g/mol. The third kappa shape index (κ3) is 1.30. The molecule has 4 unspecified atom stereocenters. The molecule has 1 aliphatic carbocycles. The van der Waals surface area contributed by atoms with E-state index in [1.165, 1.54) is 0 Å². The summed E-state index contributed by atoms with van der Waals surface area (Å²) in [4.78, 5) is 0. The zero-order valence-corrected chi connectivity index (χ0v) is 9.12. The fourth-order valence-electron chi connectivity index (χ4n) is 2.87. The molecular weight excluding hydrogens is 178 g/mol. The Balaban J connectivity index is 2.17. The highest BCUT2D eigenvalue weighted by Crippen LogP contribution is 2.54. The Morgan fingerprint density at radius 1 is 1.64 bits per heavy atom. The Morgan fingerprint density at radius 2 is 2.29 bits per heavy atom. The molecule has 3 nitrogen and oxygen atoms in total. The summed E-state index contributed by atoms with van der Waals surface area (Å²) in [6.07, 6.45) is 2.04. The average molecular weight is 199 g/mol. The average Bonchev–Trinajstić information content (AvgIpc) is 2.69. The van der Waals surface area contributed by atoms with Crippen LogP contribution < -0.4 is 5.73 Å². The molecular formula is C11H21NO2. The third-order valence-electron chi connectivity index (χ3n) is 4.40. The van der Waals surface area contributed by atoms with Gasteiger partial charge in [-0.15, -0.1) is 0 Å². The van der Waals surface area contributed by atoms with Crippen LogP contribution in [0.1, 0.15) is 26.7 Å². The molecule has 82 valence electrons. The third-order valence-corrected chi connectivity index (χ3v) is 4.40. The molecule has 0 radical (unpaired) electrons. The van der Waals surface area contributed by atoms with Gasteiger partial charge in [-0.05, 0) is 31.6 Å². The van der Waals surface area contributed by atoms with Gasteiger partial charge >= 0.3 is 0 Å². The molecule has 0 spiro atoms. The van der Waals surface area contributed by atoms with Gasteiger partial charge in [-0.1, -0.05) is 6.92 Å². The molecule has 1 saturated heterocycles. The smallest absolute Gasteiger partial charge is 0.0741 e. The molecule has 1 heterocycles. The van der Waals surface area contributed by atoms with E-state index in [-0.39, 0.29) is 5.41 Å². The van der Waals surface area contributed by atoms with Crippen molar-refractivity contribution in [3.63, 3.8) is 0 Å². The Labute approximate surface area is 85.6 Å². The topological polar surface area (TPSA) is 55.5 Å². The van der Waals surface area contributed by atoms with Crippen LogP contribution >= 0.6 is 0 Å². The Morgan fingerprint density at radius 3 is 2.64 bits per heavy atom. The molecule has 0 aromatic carbocycles. The minimum atomic E-state index is -0.641. The zero-order chi connectivity index (χ0) is 10.4. The van der Waals surface area contributed by atoms with Crippen LogP contribution in [-0.2, 0) is 4.74 Å². The van der Waals surface area contributed by atoms with Crippen molar-refractivity contribution in [2.75, 3.05) is 19.8 Å². The quantitative estimate of drug-likeness (QED) is 0.705. The molecule has 2 rings (SSSR count). The Hall–Kier alpha value is -0.120. The molecule has 0 bridgehead atoms. The van der Waals surface area contributed by atoms with Crippen LogP contribution in [0, 0.1) is 17.3 Å². The first-order chi connectivity index (χ1) is 6.53. The zero-order valence-electron chi connectivity index (χ0n) is 9.12. The lowest BCUT2D eigenvalue weighted by atomic mass is 9.69. The van der Waals surface area contributed by atoms with Gasteiger partial charge in [0.25, 0.3) is 0 Å². The summed E-state index contributed by atoms with van der Waals surface area (Å²) in [6.45, 7) is 6.04. The van der Waals surface area contributed by atoms with Crippen molar-refractivity contribution in [1.29, 1.82) is 0 Å². The normalized spacial score (nSPS) is 46.3. The standard InChI is InChI=1S/C11H21NO2/c1-8-5-9(8)10(2,13)11(6-12)3-4-14-7-11/h8-9,13H,3-7,12H2,1-2H3. The summed E-state index contributed by atoms with van der Waals surface area (Å²) in [5.41, 5.74) is 4.99. The molecule has 14 heavy (non-hydrogen) atoms. The van der Waals surface area contributed by atoms with E-state index in [1.54, 1.807) is 0 Å². The van der Waals surface area contributed by atoms with Gasteiger partial charge in [-0.2, -0.15) is 0 Å². The molecule has 3 heteroatoms. The molecule has 0 aromatic heterocycles. The number of aliphatic hydroxyl groups is 1. The molecule has 4 atom stereocenters. The van der Waals surface area contributed by atoms with E-state index >= 15 is 0 Å². The van der Waals surface area contributed by atoms with Gasteiger partial charge in [0.2, 0.25) is 0 Å². The number of nitrogens with two attached hydrogens (primary N) is 1. The van der Waals surface area contributed by atoms with Gasteiger partial charge in [0.15, 0.2) is 0 Å². The predicted molar refractivity (Wildman–Crippen MR) is 54.8 cm³/mol. The Kier molecular flexibility index (Phi) is 2.37. The van der Waals surface area contributed by atoms with Crippen molar-refractivity contribution in [1.82, 2.24) is 0 Å². The van der Waals surface area contributed by atoms with E-state index < -0.39 is 5.60 Å². The molecule has 2 aliphatic rings. The van der Waals surface area contributed by atoms with E-state index in [0.717, 1.165) is 19.4 Å². The van der Waals surface area contributed by atoms with Crippen molar-refractivity contribution < 1.29 is 9.84 Å². The second kappa shape index (κ2) is 3.19. The first kappa shape index (κ1) is 10.4. The van der Waals surface area contributed by atoms with Gasteiger partial charge < -0.3 is 15.6 Å². The highest BCUT2D eigenvalue weighted by atomic mass is 16.5. The van der Waals surface area contributed by atoms with Crippen molar-refractivity contribution >= 4 is 0 Å². The first-order valence-electron chi connectivity index (χ1n) is 5.54. The van der Waals surface area contributed by atoms with Crippen LogP contribution in [-0.4, -0.2) is 30.5 Å². The van der Waals surface area contributed by atoms with Crippen molar-refractivity contribution in [3.8, 4) is 0 Å². The van der Waals surface area contributed by atoms with E-state index in [4.69, 9.17) is 10.5 Å². The van der Waals surface area contributed by atoms with Crippen LogP contribution in [0.15, 0.2) is 0 Å². The highest BCUT2D eigenvalue weighted by Gasteiger charge is 2.58. The fraction of sp³-hybridized carbons (Fsp3) is 1.00. The van der Waals surface area contributed by atoms with Crippen LogP contribution in [0.2, 0.25) is 0 Å². The maximum absolute atomic E-state index is 10.6. The molecule has 1 aliphatic heterocycles. The number of hydrogen-bond acceptors (Lipinski definition) is 3. The SMILES string of the molecule is CC1CC1C(C)(O)C1(CN)CCOC1. The summed E-state index contributed by atoms with van der Waals surface area (Å²) in [6, 6.07) is 0. The molecule has 0 aromatic rings. The second-order valence-electron chi connectivity index (χ2n) is 5.25. The first-order valence-corrected chi connectivity index (χ1v) is 5.54. The lowest BCUT2D eigenvalue weighted by Gasteiger charge is -2.41. The summed E-state index contributed by atoms with van der Waals surface area (Å²) in [5.74, 6) is 1.07. The van der Waals surface area contributed by atoms with Crippen molar-refractivity contribution in [2.24, 2.45) is 23.0 Å². The van der Waals surface area contributed by atoms with Crippen molar-refractivity contribution in [3.05, 3.63) is 0 Å². The van der Waals surface area contributed by atoms with Gasteiger partial charge in [-0.25, -0.2) is 0 Å². The summed E-state index contributed by atoms with van der Waals surface area (Å²) < 4.78 is 5.41. The summed E-state index contributed by atoms with van der Waals surface area (Å²) >= 11 is 0. The van der Waals surface area contributed by atoms with Crippen LogP contribution in [0.25, 0.3) is 0 Å². The summed E-state index contributed by atoms with van der Waals surface area (Å²) in [7, 11) is 0. The summed E-state index contributed by atoms with van der Waals surface area (Å²) in [5, 5.41) is 10.6. The number of rotatable bonds is 3. The van der Waals surface area contributed by atoms with Crippen LogP contribution in [0.4, 0.5) is 0 Å². The fourth-order valence-corrected chi connectivity index (χ4v) is 2.87. The van der Waals surface area contributed by atoms with E-state index in [1.807, 2.05) is 6.92 Å². The van der Waals surface area contributed by atoms with Gasteiger partial charge in [0.1, 0.15) is 0 Å². The molecule has 3 N–H and O–H groups in total. The maximum atomic E-state index is 10.6. The van der Waals surface area contributed by atoms with E-state index in [2.05, 4.69) is 6.92 Å². The molecule has 0 amide bonds. The molecule has 2 fully saturated rings. The lowest BCUT2D eigenvalue weighted by molar-refractivity contribution is -0.0883. The highest BCUT2D eigenvalue weighted by molar-refractivity contribution is 5.08. The Bertz CT molecular complexity index is 221. The van der Waals surface area contributed by atoms with E-state index in [9.17, 15) is 5.11 Å². The largest absolute Gasteiger partial charge is 0.389 e. The number of ether oxygens (including phenoxy) is 1. The second-order valence-corrected chi connectivity index (χ2v) is 5.25. The van der Waals surface area contributed by atoms with Gasteiger partial charge in [-0.3, -0.25) is 0 Å². The molecule has 1 saturated carbocycles. The van der Waals surface area contributed by atoms with Crippen molar-refractivity contribution in [2.45, 2.75) is 32.3 Å². The van der Waals surface area contributed by atoms with Crippen LogP contribution in [0.3, 0.4) is 0 Å². The van der Waals surface area contributed by atoms with Crippen LogP contribution in [0.5, 0.6) is 0 Å². The minimum Gasteiger partial charge on any atom is -0.389 e. The minimum absolute atomic E-state index is 0.192.